The zero-order valence-corrected chi connectivity index (χ0v) is 17.9. The lowest BCUT2D eigenvalue weighted by atomic mass is 10.1. The van der Waals surface area contributed by atoms with Crippen LogP contribution in [0.15, 0.2) is 83.9 Å². The molecular weight excluding hydrogens is 410 g/mol. The van der Waals surface area contributed by atoms with Crippen molar-refractivity contribution in [2.75, 3.05) is 10.0 Å². The standard InChI is InChI=1S/C24H21N3O3S/c1-16-8-11-20(15-17(16)2)27-31(29,30)21-12-9-19(10-13-21)24(28)26-22-7-3-5-18-6-4-14-25-23(18)22/h3-15,27H,1-2H3,(H,26,28). The number of carbonyl (C=O) groups excluding carboxylic acids is 1. The van der Waals surface area contributed by atoms with Crippen molar-refractivity contribution >= 4 is 38.2 Å². The van der Waals surface area contributed by atoms with Gasteiger partial charge in [0, 0.05) is 22.8 Å². The normalized spacial score (nSPS) is 11.3. The molecule has 0 spiro atoms. The van der Waals surface area contributed by atoms with Crippen molar-refractivity contribution in [2.24, 2.45) is 0 Å². The van der Waals surface area contributed by atoms with Crippen molar-refractivity contribution < 1.29 is 13.2 Å². The van der Waals surface area contributed by atoms with E-state index in [1.54, 1.807) is 24.4 Å². The van der Waals surface area contributed by atoms with Crippen LogP contribution in [0.1, 0.15) is 21.5 Å². The maximum atomic E-state index is 12.7. The van der Waals surface area contributed by atoms with Crippen molar-refractivity contribution in [3.05, 3.63) is 95.7 Å². The summed E-state index contributed by atoms with van der Waals surface area (Å²) in [4.78, 5) is 17.1. The van der Waals surface area contributed by atoms with Crippen LogP contribution in [0.2, 0.25) is 0 Å². The average molecular weight is 432 g/mol. The van der Waals surface area contributed by atoms with E-state index in [2.05, 4.69) is 15.0 Å². The monoisotopic (exact) mass is 431 g/mol. The quantitative estimate of drug-likeness (QED) is 0.470. The Morgan fingerprint density at radius 1 is 0.871 bits per heavy atom. The van der Waals surface area contributed by atoms with Crippen LogP contribution in [0.5, 0.6) is 0 Å². The molecular formula is C24H21N3O3S. The summed E-state index contributed by atoms with van der Waals surface area (Å²) in [6.07, 6.45) is 1.67. The van der Waals surface area contributed by atoms with E-state index in [1.165, 1.54) is 24.3 Å². The van der Waals surface area contributed by atoms with Crippen LogP contribution >= 0.6 is 0 Å². The predicted octanol–water partition coefficient (Wildman–Crippen LogP) is 4.90. The summed E-state index contributed by atoms with van der Waals surface area (Å²) in [6, 6.07) is 20.5. The Balaban J connectivity index is 1.53. The number of benzene rings is 3. The number of pyridine rings is 1. The zero-order valence-electron chi connectivity index (χ0n) is 17.1. The first-order valence-corrected chi connectivity index (χ1v) is 11.2. The summed E-state index contributed by atoms with van der Waals surface area (Å²) in [5.74, 6) is -0.343. The topological polar surface area (TPSA) is 88.2 Å². The molecule has 7 heteroatoms. The molecule has 0 fully saturated rings. The molecule has 0 saturated carbocycles. The van der Waals surface area contributed by atoms with Gasteiger partial charge in [-0.3, -0.25) is 14.5 Å². The molecule has 2 N–H and O–H groups in total. The lowest BCUT2D eigenvalue weighted by molar-refractivity contribution is 0.102. The highest BCUT2D eigenvalue weighted by Gasteiger charge is 2.16. The summed E-state index contributed by atoms with van der Waals surface area (Å²) in [7, 11) is -3.76. The van der Waals surface area contributed by atoms with E-state index in [4.69, 9.17) is 0 Å². The molecule has 6 nitrogen and oxygen atoms in total. The van der Waals surface area contributed by atoms with Gasteiger partial charge in [-0.1, -0.05) is 24.3 Å². The minimum Gasteiger partial charge on any atom is -0.320 e. The van der Waals surface area contributed by atoms with Gasteiger partial charge in [-0.2, -0.15) is 0 Å². The molecule has 1 heterocycles. The van der Waals surface area contributed by atoms with Gasteiger partial charge in [0.2, 0.25) is 0 Å². The molecule has 0 unspecified atom stereocenters. The number of sulfonamides is 1. The van der Waals surface area contributed by atoms with Gasteiger partial charge in [-0.05, 0) is 73.5 Å². The summed E-state index contributed by atoms with van der Waals surface area (Å²) in [5, 5.41) is 3.76. The minimum absolute atomic E-state index is 0.0779. The lowest BCUT2D eigenvalue weighted by Gasteiger charge is -2.11. The fourth-order valence-electron chi connectivity index (χ4n) is 3.20. The molecule has 1 amide bonds. The summed E-state index contributed by atoms with van der Waals surface area (Å²) in [5.41, 5.74) is 4.20. The number of hydrogen-bond acceptors (Lipinski definition) is 4. The number of rotatable bonds is 5. The van der Waals surface area contributed by atoms with E-state index >= 15 is 0 Å². The molecule has 4 rings (SSSR count). The first-order chi connectivity index (χ1) is 14.8. The largest absolute Gasteiger partial charge is 0.320 e. The Labute approximate surface area is 181 Å². The molecule has 31 heavy (non-hydrogen) atoms. The number of aromatic nitrogens is 1. The van der Waals surface area contributed by atoms with Crippen LogP contribution < -0.4 is 10.0 Å². The Morgan fingerprint density at radius 2 is 1.61 bits per heavy atom. The first-order valence-electron chi connectivity index (χ1n) is 9.69. The van der Waals surface area contributed by atoms with Gasteiger partial charge in [0.25, 0.3) is 15.9 Å². The summed E-state index contributed by atoms with van der Waals surface area (Å²) < 4.78 is 28.0. The molecule has 1 aromatic heterocycles. The molecule has 0 radical (unpaired) electrons. The molecule has 0 aliphatic rings. The molecule has 0 saturated heterocycles. The van der Waals surface area contributed by atoms with Crippen molar-refractivity contribution in [1.82, 2.24) is 4.98 Å². The van der Waals surface area contributed by atoms with E-state index in [0.29, 0.717) is 22.5 Å². The number of nitrogens with zero attached hydrogens (tertiary/aromatic N) is 1. The maximum absolute atomic E-state index is 12.7. The van der Waals surface area contributed by atoms with Crippen LogP contribution in [0.3, 0.4) is 0 Å². The van der Waals surface area contributed by atoms with E-state index in [0.717, 1.165) is 16.5 Å². The van der Waals surface area contributed by atoms with Gasteiger partial charge in [0.1, 0.15) is 0 Å². The van der Waals surface area contributed by atoms with Gasteiger partial charge in [0.05, 0.1) is 16.1 Å². The fraction of sp³-hybridized carbons (Fsp3) is 0.0833. The van der Waals surface area contributed by atoms with Crippen molar-refractivity contribution in [2.45, 2.75) is 18.7 Å². The molecule has 0 atom stereocenters. The van der Waals surface area contributed by atoms with Crippen LogP contribution in [-0.2, 0) is 10.0 Å². The number of para-hydroxylation sites is 1. The lowest BCUT2D eigenvalue weighted by Crippen LogP contribution is -2.15. The number of carbonyl (C=O) groups is 1. The minimum atomic E-state index is -3.76. The SMILES string of the molecule is Cc1ccc(NS(=O)(=O)c2ccc(C(=O)Nc3cccc4cccnc34)cc2)cc1C. The summed E-state index contributed by atoms with van der Waals surface area (Å²) >= 11 is 0. The van der Waals surface area contributed by atoms with Crippen LogP contribution in [0.4, 0.5) is 11.4 Å². The third kappa shape index (κ3) is 4.41. The number of fused-ring (bicyclic) bond motifs is 1. The van der Waals surface area contributed by atoms with Gasteiger partial charge >= 0.3 is 0 Å². The molecule has 3 aromatic carbocycles. The van der Waals surface area contributed by atoms with Crippen molar-refractivity contribution in [3.63, 3.8) is 0 Å². The number of nitrogens with one attached hydrogen (secondary N) is 2. The first kappa shape index (κ1) is 20.6. The molecule has 4 aromatic rings. The van der Waals surface area contributed by atoms with Crippen LogP contribution in [-0.4, -0.2) is 19.3 Å². The Hall–Kier alpha value is -3.71. The third-order valence-electron chi connectivity index (χ3n) is 5.07. The zero-order chi connectivity index (χ0) is 22.0. The Morgan fingerprint density at radius 3 is 2.35 bits per heavy atom. The third-order valence-corrected chi connectivity index (χ3v) is 6.46. The highest BCUT2D eigenvalue weighted by molar-refractivity contribution is 7.92. The maximum Gasteiger partial charge on any atom is 0.261 e. The number of amides is 1. The Kier molecular flexibility index (Phi) is 5.44. The van der Waals surface area contributed by atoms with E-state index in [9.17, 15) is 13.2 Å². The van der Waals surface area contributed by atoms with E-state index in [1.807, 2.05) is 44.2 Å². The number of hydrogen-bond donors (Lipinski definition) is 2. The molecule has 156 valence electrons. The van der Waals surface area contributed by atoms with E-state index in [-0.39, 0.29) is 10.8 Å². The second kappa shape index (κ2) is 8.20. The van der Waals surface area contributed by atoms with Crippen molar-refractivity contribution in [1.29, 1.82) is 0 Å². The van der Waals surface area contributed by atoms with Gasteiger partial charge in [-0.15, -0.1) is 0 Å². The highest BCUT2D eigenvalue weighted by atomic mass is 32.2. The molecule has 0 bridgehead atoms. The highest BCUT2D eigenvalue weighted by Crippen LogP contribution is 2.22. The van der Waals surface area contributed by atoms with Gasteiger partial charge < -0.3 is 5.32 Å². The fourth-order valence-corrected chi connectivity index (χ4v) is 4.25. The number of anilines is 2. The van der Waals surface area contributed by atoms with E-state index < -0.39 is 10.0 Å². The van der Waals surface area contributed by atoms with Gasteiger partial charge in [-0.25, -0.2) is 8.42 Å². The number of aryl methyl sites for hydroxylation is 2. The molecule has 0 aliphatic carbocycles. The van der Waals surface area contributed by atoms with Crippen LogP contribution in [0, 0.1) is 13.8 Å². The van der Waals surface area contributed by atoms with Gasteiger partial charge in [0.15, 0.2) is 0 Å². The second-order valence-electron chi connectivity index (χ2n) is 7.26. The summed E-state index contributed by atoms with van der Waals surface area (Å²) in [6.45, 7) is 3.89. The molecule has 0 aliphatic heterocycles. The Bertz CT molecular complexity index is 1380. The van der Waals surface area contributed by atoms with Crippen molar-refractivity contribution in [3.8, 4) is 0 Å². The smallest absolute Gasteiger partial charge is 0.261 e. The average Bonchev–Trinajstić information content (AvgIpc) is 2.76. The second-order valence-corrected chi connectivity index (χ2v) is 8.95. The predicted molar refractivity (Wildman–Crippen MR) is 123 cm³/mol. The van der Waals surface area contributed by atoms with Crippen LogP contribution in [0.25, 0.3) is 10.9 Å².